The third-order valence-corrected chi connectivity index (χ3v) is 5.28. The average molecular weight is 223 g/mol. The summed E-state index contributed by atoms with van der Waals surface area (Å²) in [6.07, 6.45) is 5.74. The van der Waals surface area contributed by atoms with Gasteiger partial charge in [0.05, 0.1) is 6.61 Å². The smallest absolute Gasteiger partial charge is 0.0622 e. The summed E-state index contributed by atoms with van der Waals surface area (Å²) in [5.41, 5.74) is 0. The van der Waals surface area contributed by atoms with E-state index < -0.39 is 0 Å². The molecule has 1 N–H and O–H groups in total. The van der Waals surface area contributed by atoms with Crippen molar-refractivity contribution in [2.24, 2.45) is 29.6 Å². The molecule has 2 nitrogen and oxygen atoms in total. The van der Waals surface area contributed by atoms with Gasteiger partial charge < -0.3 is 10.1 Å². The molecule has 3 saturated carbocycles. The van der Waals surface area contributed by atoms with Gasteiger partial charge in [-0.1, -0.05) is 6.92 Å². The van der Waals surface area contributed by atoms with Gasteiger partial charge in [-0.05, 0) is 62.3 Å². The van der Waals surface area contributed by atoms with Crippen molar-refractivity contribution >= 4 is 0 Å². The molecule has 3 rings (SSSR count). The van der Waals surface area contributed by atoms with E-state index in [1.54, 1.807) is 6.42 Å². The highest BCUT2D eigenvalue weighted by molar-refractivity contribution is 5.15. The summed E-state index contributed by atoms with van der Waals surface area (Å²) in [5, 5.41) is 3.50. The zero-order valence-corrected chi connectivity index (χ0v) is 10.6. The molecule has 2 bridgehead atoms. The third kappa shape index (κ3) is 1.62. The molecule has 0 heterocycles. The molecule has 2 heteroatoms. The van der Waals surface area contributed by atoms with Crippen molar-refractivity contribution in [1.82, 2.24) is 5.32 Å². The van der Waals surface area contributed by atoms with Gasteiger partial charge in [0.1, 0.15) is 0 Å². The van der Waals surface area contributed by atoms with Crippen LogP contribution in [0.5, 0.6) is 0 Å². The van der Waals surface area contributed by atoms with Crippen LogP contribution < -0.4 is 5.32 Å². The van der Waals surface area contributed by atoms with Crippen LogP contribution in [0, 0.1) is 29.6 Å². The van der Waals surface area contributed by atoms with Gasteiger partial charge >= 0.3 is 0 Å². The third-order valence-electron chi connectivity index (χ3n) is 5.28. The Kier molecular flexibility index (Phi) is 2.97. The Morgan fingerprint density at radius 1 is 1.25 bits per heavy atom. The second-order valence-electron chi connectivity index (χ2n) is 6.04. The Bertz CT molecular complexity index is 239. The highest BCUT2D eigenvalue weighted by atomic mass is 16.5. The first-order valence-electron chi connectivity index (χ1n) is 7.11. The van der Waals surface area contributed by atoms with Crippen LogP contribution in [0.4, 0.5) is 0 Å². The van der Waals surface area contributed by atoms with E-state index >= 15 is 0 Å². The van der Waals surface area contributed by atoms with Crippen molar-refractivity contribution in [2.75, 3.05) is 20.3 Å². The molecule has 92 valence electrons. The molecule has 0 aromatic rings. The van der Waals surface area contributed by atoms with Crippen LogP contribution in [0.15, 0.2) is 0 Å². The second-order valence-corrected chi connectivity index (χ2v) is 6.04. The Labute approximate surface area is 99.1 Å². The van der Waals surface area contributed by atoms with Crippen LogP contribution in [0.1, 0.15) is 32.6 Å². The lowest BCUT2D eigenvalue weighted by Crippen LogP contribution is -2.35. The van der Waals surface area contributed by atoms with E-state index in [4.69, 9.17) is 4.74 Å². The van der Waals surface area contributed by atoms with Crippen molar-refractivity contribution < 1.29 is 4.74 Å². The highest BCUT2D eigenvalue weighted by Crippen LogP contribution is 2.70. The summed E-state index contributed by atoms with van der Waals surface area (Å²) in [6.45, 7) is 4.04. The molecule has 5 unspecified atom stereocenters. The fourth-order valence-corrected chi connectivity index (χ4v) is 4.67. The van der Waals surface area contributed by atoms with E-state index in [9.17, 15) is 0 Å². The second kappa shape index (κ2) is 4.30. The number of likely N-dealkylation sites (N-methyl/N-ethyl adjacent to an activating group) is 1. The fourth-order valence-electron chi connectivity index (χ4n) is 4.67. The molecule has 0 radical (unpaired) electrons. The standard InChI is InChI=1S/C14H25NO/c1-3-6-16-8-11(15-2)14-12-9-4-5-10(7-9)13(12)14/h9-15H,3-8H2,1-2H3. The van der Waals surface area contributed by atoms with Gasteiger partial charge in [-0.15, -0.1) is 0 Å². The lowest BCUT2D eigenvalue weighted by atomic mass is 9.98. The van der Waals surface area contributed by atoms with Crippen LogP contribution in [-0.2, 0) is 4.74 Å². The molecule has 3 aliphatic carbocycles. The molecule has 0 amide bonds. The number of nitrogens with one attached hydrogen (secondary N) is 1. The summed E-state index contributed by atoms with van der Waals surface area (Å²) < 4.78 is 5.73. The van der Waals surface area contributed by atoms with Crippen LogP contribution in [0.2, 0.25) is 0 Å². The molecular weight excluding hydrogens is 198 g/mol. The number of rotatable bonds is 6. The van der Waals surface area contributed by atoms with Crippen molar-refractivity contribution in [3.05, 3.63) is 0 Å². The molecule has 0 spiro atoms. The first-order chi connectivity index (χ1) is 7.86. The van der Waals surface area contributed by atoms with E-state index in [0.717, 1.165) is 49.2 Å². The summed E-state index contributed by atoms with van der Waals surface area (Å²) in [4.78, 5) is 0. The van der Waals surface area contributed by atoms with Gasteiger partial charge in [0.25, 0.3) is 0 Å². The number of fused-ring (bicyclic) bond motifs is 5. The highest BCUT2D eigenvalue weighted by Gasteiger charge is 2.66. The Balaban J connectivity index is 1.53. The fraction of sp³-hybridized carbons (Fsp3) is 1.00. The van der Waals surface area contributed by atoms with E-state index in [2.05, 4.69) is 19.3 Å². The lowest BCUT2D eigenvalue weighted by molar-refractivity contribution is 0.102. The zero-order chi connectivity index (χ0) is 11.1. The van der Waals surface area contributed by atoms with E-state index in [1.807, 2.05) is 0 Å². The molecule has 0 saturated heterocycles. The van der Waals surface area contributed by atoms with Crippen molar-refractivity contribution in [2.45, 2.75) is 38.6 Å². The number of hydrogen-bond acceptors (Lipinski definition) is 2. The van der Waals surface area contributed by atoms with Gasteiger partial charge in [-0.3, -0.25) is 0 Å². The lowest BCUT2D eigenvalue weighted by Gasteiger charge is -2.19. The van der Waals surface area contributed by atoms with E-state index in [-0.39, 0.29) is 0 Å². The predicted octanol–water partition coefficient (Wildman–Crippen LogP) is 2.29. The first-order valence-corrected chi connectivity index (χ1v) is 7.11. The molecule has 0 aromatic heterocycles. The minimum Gasteiger partial charge on any atom is -0.380 e. The van der Waals surface area contributed by atoms with Crippen molar-refractivity contribution in [1.29, 1.82) is 0 Å². The number of hydrogen-bond donors (Lipinski definition) is 1. The molecular formula is C14H25NO. The van der Waals surface area contributed by atoms with Gasteiger partial charge in [-0.25, -0.2) is 0 Å². The summed E-state index contributed by atoms with van der Waals surface area (Å²) >= 11 is 0. The monoisotopic (exact) mass is 223 g/mol. The maximum atomic E-state index is 5.73. The van der Waals surface area contributed by atoms with Gasteiger partial charge in [-0.2, -0.15) is 0 Å². The Morgan fingerprint density at radius 3 is 2.50 bits per heavy atom. The Hall–Kier alpha value is -0.0800. The first kappa shape index (κ1) is 11.0. The van der Waals surface area contributed by atoms with Crippen LogP contribution >= 0.6 is 0 Å². The largest absolute Gasteiger partial charge is 0.380 e. The molecule has 0 aliphatic heterocycles. The summed E-state index contributed by atoms with van der Waals surface area (Å²) in [6, 6.07) is 0.630. The molecule has 3 aliphatic rings. The zero-order valence-electron chi connectivity index (χ0n) is 10.6. The average Bonchev–Trinajstić information content (AvgIpc) is 2.73. The maximum absolute atomic E-state index is 5.73. The van der Waals surface area contributed by atoms with Gasteiger partial charge in [0.2, 0.25) is 0 Å². The molecule has 0 aromatic carbocycles. The normalized spacial score (nSPS) is 45.8. The van der Waals surface area contributed by atoms with Crippen molar-refractivity contribution in [3.8, 4) is 0 Å². The molecule has 16 heavy (non-hydrogen) atoms. The van der Waals surface area contributed by atoms with Crippen LogP contribution in [0.3, 0.4) is 0 Å². The summed E-state index contributed by atoms with van der Waals surface area (Å²) in [7, 11) is 2.11. The summed E-state index contributed by atoms with van der Waals surface area (Å²) in [5.74, 6) is 5.26. The SMILES string of the molecule is CCCOCC(NC)C1C2C3CCC(C3)C21. The quantitative estimate of drug-likeness (QED) is 0.698. The van der Waals surface area contributed by atoms with Gasteiger partial charge in [0.15, 0.2) is 0 Å². The van der Waals surface area contributed by atoms with Crippen LogP contribution in [-0.4, -0.2) is 26.3 Å². The minimum absolute atomic E-state index is 0.630. The molecule has 5 atom stereocenters. The maximum Gasteiger partial charge on any atom is 0.0622 e. The molecule has 3 fully saturated rings. The minimum atomic E-state index is 0.630. The topological polar surface area (TPSA) is 21.3 Å². The van der Waals surface area contributed by atoms with Crippen molar-refractivity contribution in [3.63, 3.8) is 0 Å². The van der Waals surface area contributed by atoms with Gasteiger partial charge in [0, 0.05) is 12.6 Å². The predicted molar refractivity (Wildman–Crippen MR) is 65.3 cm³/mol. The Morgan fingerprint density at radius 2 is 1.94 bits per heavy atom. The van der Waals surface area contributed by atoms with E-state index in [0.29, 0.717) is 6.04 Å². The number of ether oxygens (including phenoxy) is 1. The van der Waals surface area contributed by atoms with Crippen LogP contribution in [0.25, 0.3) is 0 Å². The van der Waals surface area contributed by atoms with E-state index in [1.165, 1.54) is 12.8 Å².